The van der Waals surface area contributed by atoms with Gasteiger partial charge in [-0.05, 0) is 25.1 Å². The third-order valence-corrected chi connectivity index (χ3v) is 6.43. The first kappa shape index (κ1) is 21.1. The van der Waals surface area contributed by atoms with E-state index in [0.717, 1.165) is 6.07 Å². The molecule has 3 aromatic rings. The number of anilines is 1. The van der Waals surface area contributed by atoms with Crippen LogP contribution in [0.5, 0.6) is 0 Å². The molecule has 0 radical (unpaired) electrons. The zero-order chi connectivity index (χ0) is 23.2. The number of aromatic nitrogens is 2. The van der Waals surface area contributed by atoms with Crippen molar-refractivity contribution in [1.29, 1.82) is 0 Å². The van der Waals surface area contributed by atoms with E-state index < -0.39 is 25.6 Å². The number of nitro groups is 2. The number of non-ortho nitro benzene ring substituents is 1. The highest BCUT2D eigenvalue weighted by Crippen LogP contribution is 2.33. The van der Waals surface area contributed by atoms with Gasteiger partial charge in [0.25, 0.3) is 17.3 Å². The minimum atomic E-state index is -3.43. The average Bonchev–Trinajstić information content (AvgIpc) is 3.20. The number of sulfone groups is 1. The molecular formula is C19H15N5O7S. The van der Waals surface area contributed by atoms with Crippen molar-refractivity contribution in [3.8, 4) is 5.69 Å². The van der Waals surface area contributed by atoms with Crippen molar-refractivity contribution in [2.75, 3.05) is 5.32 Å². The fourth-order valence-corrected chi connectivity index (χ4v) is 4.89. The molecule has 32 heavy (non-hydrogen) atoms. The van der Waals surface area contributed by atoms with Crippen molar-refractivity contribution in [2.24, 2.45) is 0 Å². The summed E-state index contributed by atoms with van der Waals surface area (Å²) in [7, 11) is -3.43. The number of carbonyl (C=O) groups is 1. The third kappa shape index (κ3) is 3.80. The molecule has 164 valence electrons. The van der Waals surface area contributed by atoms with Gasteiger partial charge in [0, 0.05) is 34.9 Å². The average molecular weight is 457 g/mol. The van der Waals surface area contributed by atoms with Gasteiger partial charge in [0.2, 0.25) is 0 Å². The maximum absolute atomic E-state index is 12.9. The van der Waals surface area contributed by atoms with Gasteiger partial charge in [0.05, 0.1) is 32.7 Å². The Morgan fingerprint density at radius 2 is 1.75 bits per heavy atom. The van der Waals surface area contributed by atoms with Crippen LogP contribution in [-0.2, 0) is 21.3 Å². The van der Waals surface area contributed by atoms with E-state index in [1.807, 2.05) is 0 Å². The first-order valence-corrected chi connectivity index (χ1v) is 11.0. The summed E-state index contributed by atoms with van der Waals surface area (Å²) in [6.07, 6.45) is 0. The molecule has 1 amide bonds. The Labute approximate surface area is 180 Å². The van der Waals surface area contributed by atoms with Crippen LogP contribution in [0.15, 0.2) is 42.5 Å². The summed E-state index contributed by atoms with van der Waals surface area (Å²) in [6, 6.07) is 9.34. The Morgan fingerprint density at radius 3 is 2.38 bits per heavy atom. The molecule has 0 spiro atoms. The summed E-state index contributed by atoms with van der Waals surface area (Å²) in [5.74, 6) is -1.24. The number of fused-ring (bicyclic) bond motifs is 1. The van der Waals surface area contributed by atoms with E-state index in [4.69, 9.17) is 0 Å². The molecule has 0 bridgehead atoms. The van der Waals surface area contributed by atoms with Crippen LogP contribution in [0.4, 0.5) is 17.2 Å². The highest BCUT2D eigenvalue weighted by atomic mass is 32.2. The molecule has 4 rings (SSSR count). The van der Waals surface area contributed by atoms with E-state index in [1.165, 1.54) is 41.1 Å². The second kappa shape index (κ2) is 7.53. The van der Waals surface area contributed by atoms with E-state index in [-0.39, 0.29) is 40.0 Å². The molecule has 0 aliphatic carbocycles. The minimum Gasteiger partial charge on any atom is -0.306 e. The highest BCUT2D eigenvalue weighted by Gasteiger charge is 2.33. The van der Waals surface area contributed by atoms with Crippen molar-refractivity contribution in [3.05, 3.63) is 85.1 Å². The lowest BCUT2D eigenvalue weighted by Crippen LogP contribution is -2.17. The minimum absolute atomic E-state index is 0.00773. The lowest BCUT2D eigenvalue weighted by Gasteiger charge is -2.11. The van der Waals surface area contributed by atoms with Crippen LogP contribution < -0.4 is 5.32 Å². The summed E-state index contributed by atoms with van der Waals surface area (Å²) in [5, 5.41) is 29.0. The maximum atomic E-state index is 12.9. The Bertz CT molecular complexity index is 1390. The van der Waals surface area contributed by atoms with Crippen LogP contribution in [0.2, 0.25) is 0 Å². The first-order valence-electron chi connectivity index (χ1n) is 9.18. The number of nitro benzene ring substituents is 2. The molecule has 1 N–H and O–H groups in total. The predicted octanol–water partition coefficient (Wildman–Crippen LogP) is 2.68. The monoisotopic (exact) mass is 457 g/mol. The molecule has 2 heterocycles. The number of hydrogen-bond acceptors (Lipinski definition) is 8. The summed E-state index contributed by atoms with van der Waals surface area (Å²) in [6.45, 7) is 1.54. The molecule has 0 fully saturated rings. The molecular weight excluding hydrogens is 442 g/mol. The quantitative estimate of drug-likeness (QED) is 0.450. The summed E-state index contributed by atoms with van der Waals surface area (Å²) in [4.78, 5) is 33.8. The van der Waals surface area contributed by atoms with E-state index in [0.29, 0.717) is 16.8 Å². The molecule has 1 aliphatic heterocycles. The van der Waals surface area contributed by atoms with Gasteiger partial charge in [-0.15, -0.1) is 0 Å². The fraction of sp³-hybridized carbons (Fsp3) is 0.158. The molecule has 1 aromatic heterocycles. The lowest BCUT2D eigenvalue weighted by molar-refractivity contribution is -0.385. The SMILES string of the molecule is Cc1ccc(C(=O)Nc2c3c(nn2-c2ccc([N+](=O)[O-])cc2)CS(=O)(=O)C3)cc1[N+](=O)[O-]. The standard InChI is InChI=1S/C19H15N5O7S/c1-11-2-3-12(8-17(11)24(28)29)19(25)20-18-15-9-32(30,31)10-16(15)21-22(18)13-4-6-14(7-5-13)23(26)27/h2-8H,9-10H2,1H3,(H,20,25). The van der Waals surface area contributed by atoms with Gasteiger partial charge in [-0.2, -0.15) is 5.10 Å². The lowest BCUT2D eigenvalue weighted by atomic mass is 10.1. The molecule has 13 heteroatoms. The van der Waals surface area contributed by atoms with Crippen LogP contribution >= 0.6 is 0 Å². The van der Waals surface area contributed by atoms with Gasteiger partial charge in [0.1, 0.15) is 5.82 Å². The smallest absolute Gasteiger partial charge is 0.273 e. The number of nitrogens with zero attached hydrogens (tertiary/aromatic N) is 4. The normalized spacial score (nSPS) is 14.0. The number of rotatable bonds is 5. The van der Waals surface area contributed by atoms with Crippen molar-refractivity contribution in [2.45, 2.75) is 18.4 Å². The van der Waals surface area contributed by atoms with Gasteiger partial charge < -0.3 is 5.32 Å². The number of benzene rings is 2. The van der Waals surface area contributed by atoms with Gasteiger partial charge in [-0.25, -0.2) is 13.1 Å². The third-order valence-electron chi connectivity index (χ3n) is 4.99. The molecule has 0 atom stereocenters. The van der Waals surface area contributed by atoms with Crippen LogP contribution in [0.25, 0.3) is 5.69 Å². The molecule has 1 aliphatic rings. The predicted molar refractivity (Wildman–Crippen MR) is 112 cm³/mol. The van der Waals surface area contributed by atoms with Crippen molar-refractivity contribution < 1.29 is 23.1 Å². The largest absolute Gasteiger partial charge is 0.306 e. The second-order valence-corrected chi connectivity index (χ2v) is 9.27. The Balaban J connectivity index is 1.76. The Kier molecular flexibility index (Phi) is 4.97. The summed E-state index contributed by atoms with van der Waals surface area (Å²) < 4.78 is 25.4. The van der Waals surface area contributed by atoms with Gasteiger partial charge >= 0.3 is 0 Å². The van der Waals surface area contributed by atoms with E-state index in [2.05, 4.69) is 10.4 Å². The van der Waals surface area contributed by atoms with Crippen LogP contribution in [-0.4, -0.2) is 34.0 Å². The zero-order valence-electron chi connectivity index (χ0n) is 16.5. The molecule has 12 nitrogen and oxygen atoms in total. The number of aryl methyl sites for hydroxylation is 1. The van der Waals surface area contributed by atoms with Gasteiger partial charge in [-0.3, -0.25) is 25.0 Å². The summed E-state index contributed by atoms with van der Waals surface area (Å²) >= 11 is 0. The van der Waals surface area contributed by atoms with Crippen LogP contribution in [0.3, 0.4) is 0 Å². The second-order valence-electron chi connectivity index (χ2n) is 7.20. The zero-order valence-corrected chi connectivity index (χ0v) is 17.3. The number of hydrogen-bond donors (Lipinski definition) is 1. The Morgan fingerprint density at radius 1 is 1.06 bits per heavy atom. The highest BCUT2D eigenvalue weighted by molar-refractivity contribution is 7.90. The van der Waals surface area contributed by atoms with Crippen molar-refractivity contribution >= 4 is 32.9 Å². The van der Waals surface area contributed by atoms with Crippen LogP contribution in [0.1, 0.15) is 27.2 Å². The first-order chi connectivity index (χ1) is 15.1. The molecule has 0 unspecified atom stereocenters. The number of amides is 1. The van der Waals surface area contributed by atoms with Gasteiger partial charge in [-0.1, -0.05) is 6.07 Å². The maximum Gasteiger partial charge on any atom is 0.273 e. The number of nitrogens with one attached hydrogen (secondary N) is 1. The topological polar surface area (TPSA) is 167 Å². The Hall–Kier alpha value is -4.13. The number of carbonyl (C=O) groups excluding carboxylic acids is 1. The molecule has 2 aromatic carbocycles. The molecule has 0 saturated heterocycles. The molecule has 0 saturated carbocycles. The summed E-state index contributed by atoms with van der Waals surface area (Å²) in [5.41, 5.74) is 0.949. The van der Waals surface area contributed by atoms with E-state index >= 15 is 0 Å². The van der Waals surface area contributed by atoms with Crippen LogP contribution in [0, 0.1) is 27.2 Å². The van der Waals surface area contributed by atoms with Crippen molar-refractivity contribution in [1.82, 2.24) is 9.78 Å². The van der Waals surface area contributed by atoms with Crippen molar-refractivity contribution in [3.63, 3.8) is 0 Å². The van der Waals surface area contributed by atoms with Gasteiger partial charge in [0.15, 0.2) is 9.84 Å². The fourth-order valence-electron chi connectivity index (χ4n) is 3.40. The van der Waals surface area contributed by atoms with E-state index in [9.17, 15) is 33.4 Å². The van der Waals surface area contributed by atoms with E-state index in [1.54, 1.807) is 6.92 Å².